The summed E-state index contributed by atoms with van der Waals surface area (Å²) in [5.41, 5.74) is 1.00. The van der Waals surface area contributed by atoms with Gasteiger partial charge in [0.1, 0.15) is 5.82 Å². The molecule has 1 amide bonds. The fraction of sp³-hybridized carbons (Fsp3) is 0.524. The third kappa shape index (κ3) is 5.31. The normalized spacial score (nSPS) is 14.3. The van der Waals surface area contributed by atoms with Crippen LogP contribution < -0.4 is 5.14 Å². The predicted molar refractivity (Wildman–Crippen MR) is 117 cm³/mol. The van der Waals surface area contributed by atoms with Gasteiger partial charge in [0.05, 0.1) is 12.6 Å². The van der Waals surface area contributed by atoms with E-state index in [9.17, 15) is 17.8 Å². The summed E-state index contributed by atoms with van der Waals surface area (Å²) in [6, 6.07) is 1.27. The molecule has 0 spiro atoms. The number of hydrogen-bond acceptors (Lipinski definition) is 4. The van der Waals surface area contributed by atoms with Crippen LogP contribution in [0.4, 0.5) is 8.78 Å². The first-order chi connectivity index (χ1) is 13.6. The van der Waals surface area contributed by atoms with E-state index in [0.717, 1.165) is 17.5 Å². The second-order valence-corrected chi connectivity index (χ2v) is 12.0. The van der Waals surface area contributed by atoms with Crippen LogP contribution in [-0.2, 0) is 26.5 Å². The average Bonchev–Trinajstić information content (AvgIpc) is 2.96. The summed E-state index contributed by atoms with van der Waals surface area (Å²) >= 11 is 0.946. The first-order valence-electron chi connectivity index (χ1n) is 9.69. The minimum Gasteiger partial charge on any atom is -0.272 e. The zero-order valence-corrected chi connectivity index (χ0v) is 20.0. The number of nitrogens with zero attached hydrogens (tertiary/aromatic N) is 2. The lowest BCUT2D eigenvalue weighted by molar-refractivity contribution is -0.117. The Morgan fingerprint density at radius 2 is 1.80 bits per heavy atom. The van der Waals surface area contributed by atoms with Crippen molar-refractivity contribution in [3.8, 4) is 0 Å². The highest BCUT2D eigenvalue weighted by molar-refractivity contribution is 7.93. The molecule has 2 aromatic rings. The third-order valence-electron chi connectivity index (χ3n) is 4.56. The molecular formula is C21H29F2N3O2S2. The van der Waals surface area contributed by atoms with Crippen molar-refractivity contribution < 1.29 is 17.8 Å². The van der Waals surface area contributed by atoms with Crippen molar-refractivity contribution in [2.24, 2.45) is 9.50 Å². The molecule has 2 rings (SSSR count). The molecule has 0 bridgehead atoms. The van der Waals surface area contributed by atoms with E-state index in [2.05, 4.69) is 9.35 Å². The standard InChI is InChI=1S/C21H29F2N3O2S2/c1-11(2)18-13(19(12(3)4)25-10-15(18)23)8-17(27)26-30(24,28)20-14(22)9-16(29-20)21(5,6)7/h9-12H,8H2,1-7H3,(H2,24,26,27,28). The molecule has 0 saturated heterocycles. The van der Waals surface area contributed by atoms with Gasteiger partial charge in [-0.2, -0.15) is 0 Å². The van der Waals surface area contributed by atoms with Crippen molar-refractivity contribution in [2.75, 3.05) is 0 Å². The van der Waals surface area contributed by atoms with Crippen LogP contribution in [0.3, 0.4) is 0 Å². The Labute approximate surface area is 181 Å². The van der Waals surface area contributed by atoms with Gasteiger partial charge in [0.25, 0.3) is 5.91 Å². The Balaban J connectivity index is 2.51. The first kappa shape index (κ1) is 24.6. The first-order valence-corrected chi connectivity index (χ1v) is 12.1. The number of hydrogen-bond donors (Lipinski definition) is 1. The van der Waals surface area contributed by atoms with E-state index < -0.39 is 27.5 Å². The molecule has 0 radical (unpaired) electrons. The molecule has 0 aliphatic carbocycles. The molecule has 1 atom stereocenters. The molecule has 0 fully saturated rings. The van der Waals surface area contributed by atoms with Crippen molar-refractivity contribution in [3.05, 3.63) is 45.6 Å². The summed E-state index contributed by atoms with van der Waals surface area (Å²) in [4.78, 5) is 17.5. The van der Waals surface area contributed by atoms with E-state index >= 15 is 0 Å². The van der Waals surface area contributed by atoms with Crippen LogP contribution in [0.1, 0.15) is 82.0 Å². The van der Waals surface area contributed by atoms with Gasteiger partial charge in [-0.05, 0) is 34.4 Å². The van der Waals surface area contributed by atoms with Crippen LogP contribution >= 0.6 is 11.3 Å². The van der Waals surface area contributed by atoms with Gasteiger partial charge in [-0.3, -0.25) is 9.78 Å². The number of carbonyl (C=O) groups is 1. The molecule has 1 unspecified atom stereocenters. The average molecular weight is 458 g/mol. The second kappa shape index (κ2) is 8.80. The highest BCUT2D eigenvalue weighted by atomic mass is 32.2. The van der Waals surface area contributed by atoms with Gasteiger partial charge in [-0.25, -0.2) is 18.1 Å². The van der Waals surface area contributed by atoms with Gasteiger partial charge < -0.3 is 0 Å². The fourth-order valence-corrected chi connectivity index (χ4v) is 5.63. The molecule has 9 heteroatoms. The maximum Gasteiger partial charge on any atom is 0.259 e. The predicted octanol–water partition coefficient (Wildman–Crippen LogP) is 5.44. The highest BCUT2D eigenvalue weighted by Gasteiger charge is 2.26. The van der Waals surface area contributed by atoms with Crippen LogP contribution in [0.2, 0.25) is 0 Å². The Hall–Kier alpha value is -1.71. The number of amides is 1. The third-order valence-corrected chi connectivity index (χ3v) is 8.06. The molecule has 2 aromatic heterocycles. The van der Waals surface area contributed by atoms with Crippen molar-refractivity contribution in [1.82, 2.24) is 4.98 Å². The van der Waals surface area contributed by atoms with Gasteiger partial charge in [0.15, 0.2) is 19.9 Å². The molecule has 0 aromatic carbocycles. The summed E-state index contributed by atoms with van der Waals surface area (Å²) in [6.07, 6.45) is 0.843. The van der Waals surface area contributed by atoms with E-state index in [1.54, 1.807) is 0 Å². The number of carbonyl (C=O) groups excluding carboxylic acids is 1. The smallest absolute Gasteiger partial charge is 0.259 e. The van der Waals surface area contributed by atoms with E-state index in [-0.39, 0.29) is 27.9 Å². The van der Waals surface area contributed by atoms with Crippen molar-refractivity contribution in [3.63, 3.8) is 0 Å². The maximum absolute atomic E-state index is 14.4. The summed E-state index contributed by atoms with van der Waals surface area (Å²) in [5.74, 6) is -2.31. The SMILES string of the molecule is CC(C)c1ncc(F)c(C(C)C)c1CC(=O)N=S(N)(=O)c1sc(C(C)(C)C)cc1F. The number of halogens is 2. The van der Waals surface area contributed by atoms with Gasteiger partial charge in [-0.1, -0.05) is 48.5 Å². The molecule has 2 N–H and O–H groups in total. The molecule has 0 saturated carbocycles. The van der Waals surface area contributed by atoms with Crippen LogP contribution in [0.5, 0.6) is 0 Å². The molecule has 0 aliphatic heterocycles. The molecule has 166 valence electrons. The Bertz CT molecular complexity index is 1080. The van der Waals surface area contributed by atoms with E-state index in [1.807, 2.05) is 48.5 Å². The lowest BCUT2D eigenvalue weighted by atomic mass is 9.90. The largest absolute Gasteiger partial charge is 0.272 e. The number of nitrogens with two attached hydrogens (primary N) is 1. The van der Waals surface area contributed by atoms with E-state index in [4.69, 9.17) is 5.14 Å². The number of rotatable bonds is 5. The minimum atomic E-state index is -3.77. The molecule has 2 heterocycles. The van der Waals surface area contributed by atoms with Crippen LogP contribution in [0, 0.1) is 11.6 Å². The summed E-state index contributed by atoms with van der Waals surface area (Å²) in [6.45, 7) is 13.1. The Kier molecular flexibility index (Phi) is 7.21. The lowest BCUT2D eigenvalue weighted by Gasteiger charge is -2.18. The zero-order chi connectivity index (χ0) is 23.0. The highest BCUT2D eigenvalue weighted by Crippen LogP contribution is 2.34. The van der Waals surface area contributed by atoms with E-state index in [1.165, 1.54) is 6.07 Å². The van der Waals surface area contributed by atoms with Crippen molar-refractivity contribution >= 4 is 27.2 Å². The second-order valence-electron chi connectivity index (χ2n) is 8.92. The summed E-state index contributed by atoms with van der Waals surface area (Å²) < 4.78 is 45.2. The maximum atomic E-state index is 14.4. The quantitative estimate of drug-likeness (QED) is 0.649. The number of pyridine rings is 1. The van der Waals surface area contributed by atoms with Crippen molar-refractivity contribution in [1.29, 1.82) is 0 Å². The summed E-state index contributed by atoms with van der Waals surface area (Å²) in [5, 5.41) is 5.80. The number of aromatic nitrogens is 1. The fourth-order valence-electron chi connectivity index (χ4n) is 3.16. The van der Waals surface area contributed by atoms with E-state index in [0.29, 0.717) is 21.7 Å². The molecule has 0 aliphatic rings. The zero-order valence-electron chi connectivity index (χ0n) is 18.4. The van der Waals surface area contributed by atoms with Crippen LogP contribution in [-0.4, -0.2) is 15.1 Å². The van der Waals surface area contributed by atoms with Gasteiger partial charge in [0.2, 0.25) is 0 Å². The molecule has 5 nitrogen and oxygen atoms in total. The minimum absolute atomic E-state index is 0.0581. The molecular weight excluding hydrogens is 428 g/mol. The lowest BCUT2D eigenvalue weighted by Crippen LogP contribution is -2.17. The van der Waals surface area contributed by atoms with Crippen molar-refractivity contribution in [2.45, 2.75) is 76.3 Å². The molecule has 30 heavy (non-hydrogen) atoms. The topological polar surface area (TPSA) is 85.4 Å². The Morgan fingerprint density at radius 3 is 2.27 bits per heavy atom. The number of thiophene rings is 1. The Morgan fingerprint density at radius 1 is 1.20 bits per heavy atom. The van der Waals surface area contributed by atoms with Gasteiger partial charge in [-0.15, -0.1) is 15.7 Å². The van der Waals surface area contributed by atoms with Crippen LogP contribution in [0.15, 0.2) is 20.8 Å². The van der Waals surface area contributed by atoms with Gasteiger partial charge >= 0.3 is 0 Å². The monoisotopic (exact) mass is 457 g/mol. The van der Waals surface area contributed by atoms with Crippen LogP contribution in [0.25, 0.3) is 0 Å². The summed E-state index contributed by atoms with van der Waals surface area (Å²) in [7, 11) is -3.77. The van der Waals surface area contributed by atoms with Gasteiger partial charge in [0, 0.05) is 10.6 Å².